The van der Waals surface area contributed by atoms with Crippen LogP contribution in [0, 0.1) is 10.1 Å². The number of nitro groups is 1. The van der Waals surface area contributed by atoms with Gasteiger partial charge in [0.25, 0.3) is 11.6 Å². The number of hydrogen-bond donors (Lipinski definition) is 2. The maximum Gasteiger partial charge on any atom is 0.273 e. The molecule has 0 unspecified atom stereocenters. The highest BCUT2D eigenvalue weighted by Crippen LogP contribution is 2.24. The van der Waals surface area contributed by atoms with Gasteiger partial charge >= 0.3 is 0 Å². The lowest BCUT2D eigenvalue weighted by molar-refractivity contribution is -0.385. The molecule has 0 bridgehead atoms. The standard InChI is InChI=1S/C17H22N6O3.ClH/c1-3-11-4-5-13(10-14(11)23(25)26)16(24)20-17-19-15(21-22(17)2)12-6-8-18-9-7-12;/h4-5,10,12,18H,3,6-9H2,1-2H3,(H,19,20,21,24);1H. The molecule has 1 saturated heterocycles. The van der Waals surface area contributed by atoms with E-state index in [4.69, 9.17) is 0 Å². The van der Waals surface area contributed by atoms with Crippen molar-refractivity contribution >= 4 is 29.9 Å². The van der Waals surface area contributed by atoms with Gasteiger partial charge in [-0.15, -0.1) is 12.4 Å². The Hall–Kier alpha value is -2.52. The van der Waals surface area contributed by atoms with Gasteiger partial charge in [0, 0.05) is 30.2 Å². The number of rotatable bonds is 5. The zero-order valence-corrected chi connectivity index (χ0v) is 16.1. The Kier molecular flexibility index (Phi) is 6.86. The maximum atomic E-state index is 12.5. The van der Waals surface area contributed by atoms with Crippen LogP contribution in [0.15, 0.2) is 18.2 Å². The maximum absolute atomic E-state index is 12.5. The van der Waals surface area contributed by atoms with E-state index in [0.717, 1.165) is 31.8 Å². The molecule has 2 heterocycles. The van der Waals surface area contributed by atoms with E-state index >= 15 is 0 Å². The van der Waals surface area contributed by atoms with Gasteiger partial charge in [-0.1, -0.05) is 13.0 Å². The Bertz CT molecular complexity index is 832. The molecule has 27 heavy (non-hydrogen) atoms. The average molecular weight is 395 g/mol. The van der Waals surface area contributed by atoms with Gasteiger partial charge in [-0.25, -0.2) is 4.68 Å². The Morgan fingerprint density at radius 2 is 2.11 bits per heavy atom. The van der Waals surface area contributed by atoms with E-state index in [1.165, 1.54) is 10.7 Å². The molecule has 10 heteroatoms. The first-order valence-electron chi connectivity index (χ1n) is 8.70. The van der Waals surface area contributed by atoms with Crippen molar-refractivity contribution in [2.24, 2.45) is 7.05 Å². The van der Waals surface area contributed by atoms with E-state index < -0.39 is 10.8 Å². The SMILES string of the molecule is CCc1ccc(C(=O)Nc2nc(C3CCNCC3)nn2C)cc1[N+](=O)[O-].Cl. The second-order valence-corrected chi connectivity index (χ2v) is 6.35. The van der Waals surface area contributed by atoms with Crippen LogP contribution >= 0.6 is 12.4 Å². The molecule has 0 aliphatic carbocycles. The fraction of sp³-hybridized carbons (Fsp3) is 0.471. The molecule has 1 aromatic carbocycles. The van der Waals surface area contributed by atoms with Crippen LogP contribution in [0.25, 0.3) is 0 Å². The van der Waals surface area contributed by atoms with Gasteiger partial charge in [0.05, 0.1) is 4.92 Å². The molecule has 9 nitrogen and oxygen atoms in total. The Morgan fingerprint density at radius 1 is 1.41 bits per heavy atom. The number of benzene rings is 1. The number of amides is 1. The molecule has 0 atom stereocenters. The van der Waals surface area contributed by atoms with Crippen LogP contribution in [0.1, 0.15) is 47.4 Å². The third-order valence-corrected chi connectivity index (χ3v) is 4.63. The molecule has 1 aliphatic heterocycles. The zero-order valence-electron chi connectivity index (χ0n) is 15.3. The van der Waals surface area contributed by atoms with Gasteiger partial charge in [0.1, 0.15) is 0 Å². The lowest BCUT2D eigenvalue weighted by atomic mass is 9.98. The van der Waals surface area contributed by atoms with Crippen LogP contribution in [0.3, 0.4) is 0 Å². The van der Waals surface area contributed by atoms with Gasteiger partial charge in [-0.05, 0) is 38.4 Å². The predicted octanol–water partition coefficient (Wildman–Crippen LogP) is 2.43. The van der Waals surface area contributed by atoms with E-state index in [0.29, 0.717) is 17.9 Å². The molecule has 0 radical (unpaired) electrons. The van der Waals surface area contributed by atoms with Gasteiger partial charge in [0.15, 0.2) is 5.82 Å². The fourth-order valence-electron chi connectivity index (χ4n) is 3.11. The third-order valence-electron chi connectivity index (χ3n) is 4.63. The lowest BCUT2D eigenvalue weighted by Gasteiger charge is -2.19. The molecule has 2 N–H and O–H groups in total. The van der Waals surface area contributed by atoms with Crippen LogP contribution in [0.2, 0.25) is 0 Å². The molecule has 0 spiro atoms. The number of nitrogens with one attached hydrogen (secondary N) is 2. The van der Waals surface area contributed by atoms with Crippen molar-refractivity contribution < 1.29 is 9.72 Å². The molecular formula is C17H23ClN6O3. The number of nitro benzene ring substituents is 1. The van der Waals surface area contributed by atoms with Crippen molar-refractivity contribution in [2.45, 2.75) is 32.1 Å². The molecule has 0 saturated carbocycles. The predicted molar refractivity (Wildman–Crippen MR) is 104 cm³/mol. The highest BCUT2D eigenvalue weighted by atomic mass is 35.5. The summed E-state index contributed by atoms with van der Waals surface area (Å²) >= 11 is 0. The topological polar surface area (TPSA) is 115 Å². The van der Waals surface area contributed by atoms with Crippen molar-refractivity contribution in [3.05, 3.63) is 45.3 Å². The minimum absolute atomic E-state index is 0. The summed E-state index contributed by atoms with van der Waals surface area (Å²) < 4.78 is 1.53. The van der Waals surface area contributed by atoms with E-state index in [1.54, 1.807) is 19.2 Å². The Morgan fingerprint density at radius 3 is 2.74 bits per heavy atom. The normalized spacial score (nSPS) is 14.4. The quantitative estimate of drug-likeness (QED) is 0.594. The average Bonchev–Trinajstić information content (AvgIpc) is 3.02. The van der Waals surface area contributed by atoms with Crippen molar-refractivity contribution in [3.63, 3.8) is 0 Å². The monoisotopic (exact) mass is 394 g/mol. The largest absolute Gasteiger partial charge is 0.317 e. The number of nitrogens with zero attached hydrogens (tertiary/aromatic N) is 4. The van der Waals surface area contributed by atoms with Crippen molar-refractivity contribution in [2.75, 3.05) is 18.4 Å². The van der Waals surface area contributed by atoms with Crippen LogP contribution in [-0.2, 0) is 13.5 Å². The molecule has 2 aromatic rings. The van der Waals surface area contributed by atoms with Crippen LogP contribution in [0.5, 0.6) is 0 Å². The van der Waals surface area contributed by atoms with Crippen molar-refractivity contribution in [3.8, 4) is 0 Å². The number of aryl methyl sites for hydroxylation is 2. The second kappa shape index (κ2) is 8.92. The number of anilines is 1. The highest BCUT2D eigenvalue weighted by Gasteiger charge is 2.22. The van der Waals surface area contributed by atoms with Gasteiger partial charge in [0.2, 0.25) is 5.95 Å². The number of aromatic nitrogens is 3. The van der Waals surface area contributed by atoms with Crippen molar-refractivity contribution in [1.29, 1.82) is 0 Å². The van der Waals surface area contributed by atoms with Crippen molar-refractivity contribution in [1.82, 2.24) is 20.1 Å². The summed E-state index contributed by atoms with van der Waals surface area (Å²) in [6.07, 6.45) is 2.45. The molecule has 1 aliphatic rings. The third kappa shape index (κ3) is 4.61. The Labute approximate surface area is 163 Å². The van der Waals surface area contributed by atoms with Crippen LogP contribution in [0.4, 0.5) is 11.6 Å². The molecule has 1 amide bonds. The first kappa shape index (κ1) is 20.8. The lowest BCUT2D eigenvalue weighted by Crippen LogP contribution is -2.27. The second-order valence-electron chi connectivity index (χ2n) is 6.35. The molecule has 3 rings (SSSR count). The summed E-state index contributed by atoms with van der Waals surface area (Å²) in [6, 6.07) is 4.51. The summed E-state index contributed by atoms with van der Waals surface area (Å²) in [6.45, 7) is 3.69. The molecule has 146 valence electrons. The van der Waals surface area contributed by atoms with Gasteiger partial charge in [-0.2, -0.15) is 10.1 Å². The van der Waals surface area contributed by atoms with E-state index in [1.807, 2.05) is 6.92 Å². The number of hydrogen-bond acceptors (Lipinski definition) is 6. The van der Waals surface area contributed by atoms with Crippen LogP contribution < -0.4 is 10.6 Å². The van der Waals surface area contributed by atoms with Gasteiger partial charge < -0.3 is 5.32 Å². The summed E-state index contributed by atoms with van der Waals surface area (Å²) in [5.41, 5.74) is 0.771. The van der Waals surface area contributed by atoms with E-state index in [9.17, 15) is 14.9 Å². The zero-order chi connectivity index (χ0) is 18.7. The summed E-state index contributed by atoms with van der Waals surface area (Å²) in [5, 5.41) is 21.6. The molecule has 1 fully saturated rings. The first-order valence-corrected chi connectivity index (χ1v) is 8.70. The number of carbonyl (C=O) groups excluding carboxylic acids is 1. The smallest absolute Gasteiger partial charge is 0.273 e. The molecular weight excluding hydrogens is 372 g/mol. The summed E-state index contributed by atoms with van der Waals surface area (Å²) in [5.74, 6) is 0.892. The van der Waals surface area contributed by atoms with E-state index in [-0.39, 0.29) is 29.6 Å². The summed E-state index contributed by atoms with van der Waals surface area (Å²) in [4.78, 5) is 27.7. The highest BCUT2D eigenvalue weighted by molar-refractivity contribution is 6.03. The molecule has 1 aromatic heterocycles. The fourth-order valence-corrected chi connectivity index (χ4v) is 3.11. The van der Waals surface area contributed by atoms with Gasteiger partial charge in [-0.3, -0.25) is 20.2 Å². The minimum Gasteiger partial charge on any atom is -0.317 e. The Balaban J connectivity index is 0.00000261. The number of piperidine rings is 1. The number of halogens is 1. The van der Waals surface area contributed by atoms with E-state index in [2.05, 4.69) is 20.7 Å². The summed E-state index contributed by atoms with van der Waals surface area (Å²) in [7, 11) is 1.72. The number of carbonyl (C=O) groups is 1. The first-order chi connectivity index (χ1) is 12.5. The minimum atomic E-state index is -0.465. The van der Waals surface area contributed by atoms with Crippen LogP contribution in [-0.4, -0.2) is 38.7 Å².